The summed E-state index contributed by atoms with van der Waals surface area (Å²) in [7, 11) is 6.30. The first-order valence-corrected chi connectivity index (χ1v) is 6.18. The largest absolute Gasteiger partial charge is 0.480 e. The number of hydrogen-bond donors (Lipinski definition) is 2. The second kappa shape index (κ2) is 4.69. The van der Waals surface area contributed by atoms with Crippen LogP contribution in [0.15, 0.2) is 17.6 Å². The average Bonchev–Trinajstić information content (AvgIpc) is 2.62. The molecule has 3 nitrogen and oxygen atoms in total. The molecule has 0 aliphatic heterocycles. The molecule has 1 aliphatic rings. The summed E-state index contributed by atoms with van der Waals surface area (Å²) >= 11 is 0. The summed E-state index contributed by atoms with van der Waals surface area (Å²) in [6.45, 7) is 0. The molecule has 0 saturated heterocycles. The van der Waals surface area contributed by atoms with Crippen molar-refractivity contribution in [2.45, 2.75) is 18.9 Å². The van der Waals surface area contributed by atoms with Crippen LogP contribution in [0.5, 0.6) is 0 Å². The summed E-state index contributed by atoms with van der Waals surface area (Å²) in [5, 5.41) is 8.93. The monoisotopic (exact) mass is 239 g/mol. The van der Waals surface area contributed by atoms with Gasteiger partial charge in [-0.2, -0.15) is 0 Å². The number of fused-ring (bicyclic) bond motifs is 1. The molecule has 0 heterocycles. The molecule has 0 spiro atoms. The van der Waals surface area contributed by atoms with Gasteiger partial charge in [-0.1, -0.05) is 23.1 Å². The first-order valence-electron chi connectivity index (χ1n) is 6.18. The molecule has 0 radical (unpaired) electrons. The van der Waals surface area contributed by atoms with Crippen LogP contribution in [0, 0.1) is 0 Å². The topological polar surface area (TPSA) is 63.3 Å². The van der Waals surface area contributed by atoms with Gasteiger partial charge in [0, 0.05) is 0 Å². The number of rotatable bonds is 3. The molecule has 2 rings (SSSR count). The molecule has 1 aromatic carbocycles. The number of nitrogens with two attached hydrogens (primary N) is 1. The van der Waals surface area contributed by atoms with Gasteiger partial charge in [0.1, 0.15) is 29.6 Å². The third-order valence-corrected chi connectivity index (χ3v) is 3.89. The summed E-state index contributed by atoms with van der Waals surface area (Å²) < 4.78 is 0. The van der Waals surface area contributed by atoms with Gasteiger partial charge in [0.25, 0.3) is 0 Å². The van der Waals surface area contributed by atoms with Crippen molar-refractivity contribution in [1.29, 1.82) is 0 Å². The van der Waals surface area contributed by atoms with Crippen LogP contribution in [0.3, 0.4) is 0 Å². The van der Waals surface area contributed by atoms with E-state index in [4.69, 9.17) is 10.8 Å². The fraction of sp³-hybridized carbons (Fsp3) is 0.250. The molecule has 0 fully saturated rings. The molecule has 18 heavy (non-hydrogen) atoms. The maximum absolute atomic E-state index is 10.9. The predicted octanol–water partition coefficient (Wildman–Crippen LogP) is -3.09. The van der Waals surface area contributed by atoms with Crippen LogP contribution in [0.25, 0.3) is 5.57 Å². The Balaban J connectivity index is 2.38. The van der Waals surface area contributed by atoms with Crippen LogP contribution in [-0.4, -0.2) is 40.7 Å². The number of carbonyl (C=O) groups is 1. The summed E-state index contributed by atoms with van der Waals surface area (Å²) in [5.41, 5.74) is 13.1. The molecule has 1 aliphatic carbocycles. The normalized spacial score (nSPS) is 15.6. The first kappa shape index (κ1) is 13.0. The molecule has 90 valence electrons. The molecule has 0 amide bonds. The number of carboxylic acids is 1. The molecule has 1 aromatic rings. The molecular formula is C12H16B3NO2. The van der Waals surface area contributed by atoms with Crippen molar-refractivity contribution in [2.24, 2.45) is 5.73 Å². The molecule has 0 saturated carbocycles. The lowest BCUT2D eigenvalue weighted by Gasteiger charge is -2.12. The van der Waals surface area contributed by atoms with E-state index in [2.05, 4.69) is 35.7 Å². The third-order valence-electron chi connectivity index (χ3n) is 3.89. The quantitative estimate of drug-likeness (QED) is 0.549. The molecule has 0 bridgehead atoms. The highest BCUT2D eigenvalue weighted by Gasteiger charge is 2.24. The van der Waals surface area contributed by atoms with Gasteiger partial charge in [0.05, 0.1) is 0 Å². The van der Waals surface area contributed by atoms with Crippen molar-refractivity contribution in [3.63, 3.8) is 0 Å². The van der Waals surface area contributed by atoms with E-state index in [0.717, 1.165) is 12.0 Å². The first-order chi connectivity index (χ1) is 8.41. The van der Waals surface area contributed by atoms with E-state index in [1.54, 1.807) is 0 Å². The summed E-state index contributed by atoms with van der Waals surface area (Å²) in [6.07, 6.45) is 1.33. The molecule has 0 aromatic heterocycles. The van der Waals surface area contributed by atoms with Crippen LogP contribution in [-0.2, 0) is 11.2 Å². The van der Waals surface area contributed by atoms with Crippen molar-refractivity contribution in [3.05, 3.63) is 28.7 Å². The zero-order valence-corrected chi connectivity index (χ0v) is 11.1. The zero-order valence-electron chi connectivity index (χ0n) is 11.1. The maximum atomic E-state index is 10.9. The van der Waals surface area contributed by atoms with Crippen LogP contribution < -0.4 is 16.7 Å². The second-order valence-electron chi connectivity index (χ2n) is 5.12. The van der Waals surface area contributed by atoms with E-state index in [1.165, 1.54) is 27.5 Å². The molecule has 1 unspecified atom stereocenters. The third kappa shape index (κ3) is 2.13. The molecule has 3 N–H and O–H groups in total. The smallest absolute Gasteiger partial charge is 0.320 e. The van der Waals surface area contributed by atoms with Gasteiger partial charge in [-0.25, -0.2) is 0 Å². The van der Waals surface area contributed by atoms with Crippen molar-refractivity contribution in [2.75, 3.05) is 0 Å². The van der Waals surface area contributed by atoms with Gasteiger partial charge in [0.2, 0.25) is 0 Å². The maximum Gasteiger partial charge on any atom is 0.320 e. The lowest BCUT2D eigenvalue weighted by atomic mass is 9.76. The minimum atomic E-state index is -0.937. The summed E-state index contributed by atoms with van der Waals surface area (Å²) in [6, 6.07) is 3.37. The fourth-order valence-electron chi connectivity index (χ4n) is 2.58. The molecule has 6 heteroatoms. The van der Waals surface area contributed by atoms with E-state index in [1.807, 2.05) is 0 Å². The SMILES string of the molecule is BC1=C(CC(N)C(=O)O)c2ccc(B)c(B)c2C1. The van der Waals surface area contributed by atoms with E-state index in [-0.39, 0.29) is 0 Å². The van der Waals surface area contributed by atoms with Crippen molar-refractivity contribution >= 4 is 46.0 Å². The van der Waals surface area contributed by atoms with Gasteiger partial charge >= 0.3 is 5.97 Å². The average molecular weight is 239 g/mol. The zero-order chi connectivity index (χ0) is 13.4. The van der Waals surface area contributed by atoms with Crippen molar-refractivity contribution < 1.29 is 9.90 Å². The Morgan fingerprint density at radius 2 is 2.06 bits per heavy atom. The van der Waals surface area contributed by atoms with Crippen LogP contribution >= 0.6 is 0 Å². The summed E-state index contributed by atoms with van der Waals surface area (Å²) in [4.78, 5) is 10.9. The fourth-order valence-corrected chi connectivity index (χ4v) is 2.58. The Morgan fingerprint density at radius 1 is 1.39 bits per heavy atom. The van der Waals surface area contributed by atoms with Gasteiger partial charge in [-0.3, -0.25) is 4.79 Å². The minimum absolute atomic E-state index is 0.413. The van der Waals surface area contributed by atoms with Crippen molar-refractivity contribution in [3.8, 4) is 0 Å². The van der Waals surface area contributed by atoms with Crippen molar-refractivity contribution in [1.82, 2.24) is 0 Å². The minimum Gasteiger partial charge on any atom is -0.480 e. The van der Waals surface area contributed by atoms with E-state index >= 15 is 0 Å². The van der Waals surface area contributed by atoms with E-state index in [0.29, 0.717) is 6.42 Å². The van der Waals surface area contributed by atoms with E-state index in [9.17, 15) is 4.79 Å². The highest BCUT2D eigenvalue weighted by molar-refractivity contribution is 6.49. The van der Waals surface area contributed by atoms with Crippen LogP contribution in [0.2, 0.25) is 0 Å². The molecule has 1 atom stereocenters. The number of benzene rings is 1. The Kier molecular flexibility index (Phi) is 3.39. The van der Waals surface area contributed by atoms with Gasteiger partial charge in [-0.15, -0.1) is 5.47 Å². The summed E-state index contributed by atoms with van der Waals surface area (Å²) in [5.74, 6) is -0.937. The Labute approximate surface area is 110 Å². The van der Waals surface area contributed by atoms with E-state index < -0.39 is 12.0 Å². The predicted molar refractivity (Wildman–Crippen MR) is 82.2 cm³/mol. The lowest BCUT2D eigenvalue weighted by Crippen LogP contribution is -2.31. The number of aliphatic carboxylic acids is 1. The Morgan fingerprint density at radius 3 is 2.67 bits per heavy atom. The number of hydrogen-bond acceptors (Lipinski definition) is 2. The highest BCUT2D eigenvalue weighted by Crippen LogP contribution is 2.32. The lowest BCUT2D eigenvalue weighted by molar-refractivity contribution is -0.138. The Bertz CT molecular complexity index is 554. The number of carboxylic acid groups (broad SMARTS) is 1. The molecular weight excluding hydrogens is 223 g/mol. The van der Waals surface area contributed by atoms with Crippen LogP contribution in [0.4, 0.5) is 0 Å². The number of allylic oxidation sites excluding steroid dienone is 1. The van der Waals surface area contributed by atoms with Gasteiger partial charge < -0.3 is 10.8 Å². The van der Waals surface area contributed by atoms with Crippen LogP contribution in [0.1, 0.15) is 17.5 Å². The second-order valence-corrected chi connectivity index (χ2v) is 5.12. The van der Waals surface area contributed by atoms with Gasteiger partial charge in [-0.05, 0) is 29.5 Å². The van der Waals surface area contributed by atoms with Gasteiger partial charge in [0.15, 0.2) is 0 Å². The standard InChI is InChI=1S/C12H16B3NO2/c13-8-2-1-5-6(4-10(16)12(17)18)9(14)3-7(5)11(8)15/h1-2,10H,3-4,13-16H2,(H,17,18). The Hall–Kier alpha value is -1.42. The highest BCUT2D eigenvalue weighted by atomic mass is 16.4.